The van der Waals surface area contributed by atoms with Gasteiger partial charge in [0.05, 0.1) is 18.3 Å². The van der Waals surface area contributed by atoms with Crippen LogP contribution in [0.2, 0.25) is 0 Å². The zero-order valence-corrected chi connectivity index (χ0v) is 24.4. The van der Waals surface area contributed by atoms with E-state index in [1.54, 1.807) is 6.92 Å². The van der Waals surface area contributed by atoms with E-state index in [1.165, 1.54) is 16.2 Å². The number of amides is 2. The molecule has 0 bridgehead atoms. The number of nitrogens with zero attached hydrogens (tertiary/aromatic N) is 2. The van der Waals surface area contributed by atoms with Crippen LogP contribution in [0.5, 0.6) is 0 Å². The highest BCUT2D eigenvalue weighted by molar-refractivity contribution is 7.13. The lowest BCUT2D eigenvalue weighted by molar-refractivity contribution is -0.352. The summed E-state index contributed by atoms with van der Waals surface area (Å²) in [5.41, 5.74) is 8.10. The van der Waals surface area contributed by atoms with Crippen LogP contribution in [-0.4, -0.2) is 63.3 Å². The fraction of sp³-hybridized carbons (Fsp3) is 0.367. The van der Waals surface area contributed by atoms with Crippen molar-refractivity contribution in [2.75, 3.05) is 23.7 Å². The van der Waals surface area contributed by atoms with Crippen molar-refractivity contribution in [1.82, 2.24) is 15.2 Å². The van der Waals surface area contributed by atoms with Gasteiger partial charge in [0.1, 0.15) is 6.04 Å². The standard InChI is InChI=1S/C30H38N6O4S/c1-18(2)33-30-35-24(17-41-30)25-23-8-5-4-7-21(23)13-16-36(25)29(40)27(38)26(37)28(39)34-19(3)20-9-11-22(12-10-20)32-15-6-14-31/h4-12,15,17-19,25-27,32,37-38H,13-14,16,31H2,1-3H3,(H,33,35)(H,34,39)/p+1/b15-6-/t19-,25-,26-,27-/m1/s1. The van der Waals surface area contributed by atoms with Crippen molar-refractivity contribution in [3.8, 4) is 0 Å². The predicted octanol–water partition coefficient (Wildman–Crippen LogP) is 2.20. The van der Waals surface area contributed by atoms with Crippen LogP contribution in [-0.2, 0) is 16.0 Å². The van der Waals surface area contributed by atoms with Crippen LogP contribution in [0.25, 0.3) is 0 Å². The second-order valence-electron chi connectivity index (χ2n) is 10.3. The number of rotatable bonds is 11. The van der Waals surface area contributed by atoms with Crippen molar-refractivity contribution in [2.24, 2.45) is 0 Å². The Labute approximate surface area is 244 Å². The zero-order chi connectivity index (χ0) is 29.5. The smallest absolute Gasteiger partial charge is 0.255 e. The molecule has 0 unspecified atom stereocenters. The number of nitrogens with one attached hydrogen (secondary N) is 3. The molecule has 11 heteroatoms. The molecule has 0 aliphatic carbocycles. The lowest BCUT2D eigenvalue weighted by Crippen LogP contribution is -2.53. The number of carbonyl (C=O) groups excluding carboxylic acids is 2. The first-order chi connectivity index (χ1) is 19.7. The summed E-state index contributed by atoms with van der Waals surface area (Å²) in [7, 11) is 0. The van der Waals surface area contributed by atoms with E-state index >= 15 is 0 Å². The largest absolute Gasteiger partial charge is 0.380 e. The molecule has 1 aliphatic heterocycles. The maximum atomic E-state index is 13.6. The van der Waals surface area contributed by atoms with Gasteiger partial charge in [0.15, 0.2) is 17.3 Å². The first-order valence-electron chi connectivity index (χ1n) is 13.8. The minimum atomic E-state index is -1.94. The summed E-state index contributed by atoms with van der Waals surface area (Å²) in [5, 5.41) is 33.4. The molecular formula is C30H39N6O4S+. The van der Waals surface area contributed by atoms with Crippen LogP contribution in [0.3, 0.4) is 0 Å². The molecule has 10 nitrogen and oxygen atoms in total. The Kier molecular flexibility index (Phi) is 10.1. The Morgan fingerprint density at radius 3 is 2.56 bits per heavy atom. The number of hydrogen-bond donors (Lipinski definition) is 6. The SMILES string of the molecule is CC(C)Nc1nc([C@H]2c3ccccc3CCN2C(=O)[C@H](O)[C@@H](O)C(=O)N[C@H](C)c2ccc(N/C=C\C[NH3+])cc2)cs1. The first kappa shape index (κ1) is 30.2. The maximum Gasteiger partial charge on any atom is 0.255 e. The van der Waals surface area contributed by atoms with Gasteiger partial charge in [0.2, 0.25) is 0 Å². The minimum absolute atomic E-state index is 0.193. The highest BCUT2D eigenvalue weighted by atomic mass is 32.1. The molecule has 0 radical (unpaired) electrons. The van der Waals surface area contributed by atoms with Gasteiger partial charge < -0.3 is 36.8 Å². The molecule has 2 heterocycles. The molecule has 1 aromatic heterocycles. The van der Waals surface area contributed by atoms with Crippen molar-refractivity contribution < 1.29 is 25.5 Å². The van der Waals surface area contributed by atoms with Gasteiger partial charge in [-0.2, -0.15) is 0 Å². The lowest BCUT2D eigenvalue weighted by Gasteiger charge is -2.38. The molecule has 3 aromatic rings. The number of aliphatic hydroxyl groups is 2. The van der Waals surface area contributed by atoms with E-state index < -0.39 is 36.1 Å². The van der Waals surface area contributed by atoms with E-state index in [0.29, 0.717) is 25.2 Å². The summed E-state index contributed by atoms with van der Waals surface area (Å²) >= 11 is 1.44. The number of anilines is 2. The molecule has 0 spiro atoms. The third-order valence-electron chi connectivity index (χ3n) is 6.91. The third kappa shape index (κ3) is 7.31. The molecule has 2 aromatic carbocycles. The quantitative estimate of drug-likeness (QED) is 0.204. The Bertz CT molecular complexity index is 1360. The molecule has 8 N–H and O–H groups in total. The first-order valence-corrected chi connectivity index (χ1v) is 14.6. The summed E-state index contributed by atoms with van der Waals surface area (Å²) in [4.78, 5) is 32.8. The number of aliphatic hydroxyl groups excluding tert-OH is 2. The summed E-state index contributed by atoms with van der Waals surface area (Å²) in [6, 6.07) is 14.5. The van der Waals surface area contributed by atoms with Crippen LogP contribution in [0, 0.1) is 0 Å². The van der Waals surface area contributed by atoms with Crippen molar-refractivity contribution in [3.05, 3.63) is 88.6 Å². The van der Waals surface area contributed by atoms with Crippen LogP contribution in [0.4, 0.5) is 10.8 Å². The van der Waals surface area contributed by atoms with Gasteiger partial charge in [0.25, 0.3) is 11.8 Å². The normalized spacial score (nSPS) is 17.1. The topological polar surface area (TPSA) is 154 Å². The van der Waals surface area contributed by atoms with Crippen molar-refractivity contribution in [2.45, 2.75) is 57.5 Å². The maximum absolute atomic E-state index is 13.6. The number of hydrogen-bond acceptors (Lipinski definition) is 8. The summed E-state index contributed by atoms with van der Waals surface area (Å²) in [6.07, 6.45) is 0.414. The fourth-order valence-electron chi connectivity index (χ4n) is 4.78. The molecule has 4 atom stereocenters. The van der Waals surface area contributed by atoms with E-state index in [0.717, 1.165) is 27.5 Å². The van der Waals surface area contributed by atoms with Gasteiger partial charge in [0, 0.05) is 29.9 Å². The van der Waals surface area contributed by atoms with Gasteiger partial charge in [-0.05, 0) is 62.1 Å². The summed E-state index contributed by atoms with van der Waals surface area (Å²) < 4.78 is 0. The second kappa shape index (κ2) is 13.7. The molecule has 0 saturated heterocycles. The predicted molar refractivity (Wildman–Crippen MR) is 160 cm³/mol. The van der Waals surface area contributed by atoms with E-state index in [-0.39, 0.29) is 6.04 Å². The van der Waals surface area contributed by atoms with Crippen molar-refractivity contribution >= 4 is 34.0 Å². The third-order valence-corrected chi connectivity index (χ3v) is 7.70. The molecule has 0 saturated carbocycles. The van der Waals surface area contributed by atoms with Crippen LogP contribution in [0.15, 0.2) is 66.2 Å². The molecule has 4 rings (SSSR count). The number of aromatic nitrogens is 1. The van der Waals surface area contributed by atoms with Crippen LogP contribution < -0.4 is 21.7 Å². The van der Waals surface area contributed by atoms with Crippen LogP contribution in [0.1, 0.15) is 55.2 Å². The Morgan fingerprint density at radius 2 is 1.85 bits per heavy atom. The van der Waals surface area contributed by atoms with Crippen LogP contribution >= 0.6 is 11.3 Å². The number of thiazole rings is 1. The molecule has 218 valence electrons. The van der Waals surface area contributed by atoms with E-state index in [2.05, 4.69) is 21.7 Å². The molecule has 41 heavy (non-hydrogen) atoms. The lowest BCUT2D eigenvalue weighted by atomic mass is 9.90. The average molecular weight is 580 g/mol. The van der Waals surface area contributed by atoms with Gasteiger partial charge in [-0.1, -0.05) is 36.4 Å². The Balaban J connectivity index is 1.47. The van der Waals surface area contributed by atoms with E-state index in [1.807, 2.05) is 80.0 Å². The Morgan fingerprint density at radius 1 is 1.12 bits per heavy atom. The number of benzene rings is 2. The number of fused-ring (bicyclic) bond motifs is 1. The van der Waals surface area contributed by atoms with E-state index in [9.17, 15) is 19.8 Å². The molecular weight excluding hydrogens is 540 g/mol. The second-order valence-corrected chi connectivity index (χ2v) is 11.2. The van der Waals surface area contributed by atoms with Gasteiger partial charge in [-0.15, -0.1) is 11.3 Å². The highest BCUT2D eigenvalue weighted by Crippen LogP contribution is 2.37. The van der Waals surface area contributed by atoms with Gasteiger partial charge >= 0.3 is 0 Å². The fourth-order valence-corrected chi connectivity index (χ4v) is 5.66. The molecule has 1 aliphatic rings. The van der Waals surface area contributed by atoms with Gasteiger partial charge in [-0.25, -0.2) is 4.98 Å². The summed E-state index contributed by atoms with van der Waals surface area (Å²) in [6.45, 7) is 6.81. The van der Waals surface area contributed by atoms with Gasteiger partial charge in [-0.3, -0.25) is 9.59 Å². The van der Waals surface area contributed by atoms with Crippen molar-refractivity contribution in [3.63, 3.8) is 0 Å². The Hall–Kier alpha value is -3.77. The highest BCUT2D eigenvalue weighted by Gasteiger charge is 2.40. The number of quaternary nitrogens is 1. The zero-order valence-electron chi connectivity index (χ0n) is 23.6. The molecule has 0 fully saturated rings. The minimum Gasteiger partial charge on any atom is -0.380 e. The molecule has 2 amide bonds. The van der Waals surface area contributed by atoms with E-state index in [4.69, 9.17) is 4.98 Å². The average Bonchev–Trinajstić information content (AvgIpc) is 3.43. The summed E-state index contributed by atoms with van der Waals surface area (Å²) in [5.74, 6) is -1.55. The van der Waals surface area contributed by atoms with Crippen molar-refractivity contribution in [1.29, 1.82) is 0 Å². The number of carbonyl (C=O) groups is 2. The monoisotopic (exact) mass is 579 g/mol.